The average Bonchev–Trinajstić information content (AvgIpc) is 3.03. The molecule has 0 radical (unpaired) electrons. The highest BCUT2D eigenvalue weighted by Crippen LogP contribution is 2.48. The third-order valence-corrected chi connectivity index (χ3v) is 4.11. The number of hydrogen-bond donors (Lipinski definition) is 1. The van der Waals surface area contributed by atoms with Crippen LogP contribution in [0.5, 0.6) is 0 Å². The van der Waals surface area contributed by atoms with Crippen molar-refractivity contribution in [3.8, 4) is 6.07 Å². The quantitative estimate of drug-likeness (QED) is 0.812. The summed E-state index contributed by atoms with van der Waals surface area (Å²) in [4.78, 5) is 0. The Hall–Kier alpha value is -0.620. The van der Waals surface area contributed by atoms with Crippen molar-refractivity contribution in [1.82, 2.24) is 0 Å². The topological polar surface area (TPSA) is 35.8 Å². The molecule has 2 rings (SSSR count). The molecule has 1 aliphatic rings. The van der Waals surface area contributed by atoms with E-state index in [9.17, 15) is 0 Å². The SMILES string of the molecule is N#CCC1(CNc2cc(Cl)c(Cl)cc2Cl)CC1. The van der Waals surface area contributed by atoms with E-state index in [-0.39, 0.29) is 5.41 Å². The lowest BCUT2D eigenvalue weighted by Crippen LogP contribution is -2.15. The van der Waals surface area contributed by atoms with Crippen molar-refractivity contribution >= 4 is 40.5 Å². The van der Waals surface area contributed by atoms with Gasteiger partial charge in [-0.1, -0.05) is 34.8 Å². The molecule has 0 spiro atoms. The van der Waals surface area contributed by atoms with Gasteiger partial charge < -0.3 is 5.32 Å². The van der Waals surface area contributed by atoms with Crippen LogP contribution in [0.4, 0.5) is 5.69 Å². The first-order chi connectivity index (χ1) is 8.06. The molecule has 0 heterocycles. The minimum Gasteiger partial charge on any atom is -0.383 e. The Kier molecular flexibility index (Phi) is 3.73. The van der Waals surface area contributed by atoms with Crippen molar-refractivity contribution in [3.05, 3.63) is 27.2 Å². The Morgan fingerprint density at radius 1 is 1.18 bits per heavy atom. The van der Waals surface area contributed by atoms with Crippen molar-refractivity contribution in [1.29, 1.82) is 5.26 Å². The van der Waals surface area contributed by atoms with Gasteiger partial charge in [-0.05, 0) is 25.0 Å². The predicted molar refractivity (Wildman–Crippen MR) is 71.9 cm³/mol. The molecule has 0 aliphatic heterocycles. The fraction of sp³-hybridized carbons (Fsp3) is 0.417. The first kappa shape index (κ1) is 12.8. The van der Waals surface area contributed by atoms with Crippen LogP contribution in [0.3, 0.4) is 0 Å². The molecule has 1 aliphatic carbocycles. The number of benzene rings is 1. The van der Waals surface area contributed by atoms with E-state index in [0.717, 1.165) is 25.1 Å². The molecular formula is C12H11Cl3N2. The van der Waals surface area contributed by atoms with E-state index in [4.69, 9.17) is 40.1 Å². The molecular weight excluding hydrogens is 279 g/mol. The summed E-state index contributed by atoms with van der Waals surface area (Å²) in [7, 11) is 0. The van der Waals surface area contributed by atoms with Crippen molar-refractivity contribution in [2.75, 3.05) is 11.9 Å². The fourth-order valence-electron chi connectivity index (χ4n) is 1.70. The number of hydrogen-bond acceptors (Lipinski definition) is 2. The summed E-state index contributed by atoms with van der Waals surface area (Å²) in [5.41, 5.74) is 0.898. The monoisotopic (exact) mass is 288 g/mol. The van der Waals surface area contributed by atoms with Crippen LogP contribution in [-0.4, -0.2) is 6.54 Å². The van der Waals surface area contributed by atoms with Crippen molar-refractivity contribution in [3.63, 3.8) is 0 Å². The molecule has 0 aromatic heterocycles. The minimum atomic E-state index is 0.129. The number of nitriles is 1. The summed E-state index contributed by atoms with van der Waals surface area (Å²) in [6, 6.07) is 5.56. The van der Waals surface area contributed by atoms with Gasteiger partial charge in [0.1, 0.15) is 0 Å². The highest BCUT2D eigenvalue weighted by Gasteiger charge is 2.42. The van der Waals surface area contributed by atoms with Crippen molar-refractivity contribution in [2.45, 2.75) is 19.3 Å². The molecule has 1 saturated carbocycles. The summed E-state index contributed by atoms with van der Waals surface area (Å²) in [6.45, 7) is 0.748. The van der Waals surface area contributed by atoms with Gasteiger partial charge in [-0.15, -0.1) is 0 Å². The maximum atomic E-state index is 8.73. The molecule has 90 valence electrons. The van der Waals surface area contributed by atoms with Gasteiger partial charge in [0.25, 0.3) is 0 Å². The van der Waals surface area contributed by atoms with E-state index in [1.165, 1.54) is 0 Å². The smallest absolute Gasteiger partial charge is 0.0653 e. The molecule has 1 N–H and O–H groups in total. The summed E-state index contributed by atoms with van der Waals surface area (Å²) in [5, 5.41) is 13.4. The predicted octanol–water partition coefficient (Wildman–Crippen LogP) is 4.75. The molecule has 0 atom stereocenters. The molecule has 0 bridgehead atoms. The lowest BCUT2D eigenvalue weighted by Gasteiger charge is -2.15. The van der Waals surface area contributed by atoms with E-state index in [2.05, 4.69) is 11.4 Å². The first-order valence-electron chi connectivity index (χ1n) is 5.32. The second-order valence-electron chi connectivity index (χ2n) is 4.43. The van der Waals surface area contributed by atoms with E-state index in [1.807, 2.05) is 0 Å². The summed E-state index contributed by atoms with van der Waals surface area (Å²) < 4.78 is 0. The Balaban J connectivity index is 2.05. The van der Waals surface area contributed by atoms with E-state index >= 15 is 0 Å². The fourth-order valence-corrected chi connectivity index (χ4v) is 2.31. The molecule has 5 heteroatoms. The second kappa shape index (κ2) is 4.94. The Bertz CT molecular complexity index is 475. The molecule has 0 amide bonds. The number of rotatable bonds is 4. The van der Waals surface area contributed by atoms with Gasteiger partial charge in [-0.3, -0.25) is 0 Å². The number of nitrogens with zero attached hydrogens (tertiary/aromatic N) is 1. The van der Waals surface area contributed by atoms with Gasteiger partial charge >= 0.3 is 0 Å². The second-order valence-corrected chi connectivity index (χ2v) is 5.66. The van der Waals surface area contributed by atoms with Gasteiger partial charge in [0.15, 0.2) is 0 Å². The molecule has 1 aromatic rings. The summed E-state index contributed by atoms with van der Waals surface area (Å²) in [5.74, 6) is 0. The van der Waals surface area contributed by atoms with Crippen LogP contribution in [-0.2, 0) is 0 Å². The van der Waals surface area contributed by atoms with Crippen LogP contribution in [0.15, 0.2) is 12.1 Å². The zero-order valence-electron chi connectivity index (χ0n) is 9.06. The minimum absolute atomic E-state index is 0.129. The molecule has 0 saturated heterocycles. The zero-order valence-corrected chi connectivity index (χ0v) is 11.3. The Morgan fingerprint density at radius 2 is 1.82 bits per heavy atom. The van der Waals surface area contributed by atoms with Crippen LogP contribution in [0.2, 0.25) is 15.1 Å². The van der Waals surface area contributed by atoms with E-state index in [0.29, 0.717) is 21.5 Å². The first-order valence-corrected chi connectivity index (χ1v) is 6.45. The van der Waals surface area contributed by atoms with Crippen LogP contribution < -0.4 is 5.32 Å². The highest BCUT2D eigenvalue weighted by molar-refractivity contribution is 6.44. The number of halogens is 3. The number of anilines is 1. The van der Waals surface area contributed by atoms with Gasteiger partial charge in [0.2, 0.25) is 0 Å². The largest absolute Gasteiger partial charge is 0.383 e. The van der Waals surface area contributed by atoms with Crippen LogP contribution in [0, 0.1) is 16.7 Å². The standard InChI is InChI=1S/C12H11Cl3N2/c13-8-5-10(15)11(6-9(8)14)17-7-12(1-2-12)3-4-16/h5-6,17H,1-3,7H2. The van der Waals surface area contributed by atoms with Gasteiger partial charge in [0, 0.05) is 18.4 Å². The van der Waals surface area contributed by atoms with Crippen LogP contribution in [0.25, 0.3) is 0 Å². The van der Waals surface area contributed by atoms with Crippen LogP contribution >= 0.6 is 34.8 Å². The molecule has 1 fully saturated rings. The molecule has 1 aromatic carbocycles. The third-order valence-electron chi connectivity index (χ3n) is 3.07. The number of nitrogens with one attached hydrogen (secondary N) is 1. The van der Waals surface area contributed by atoms with Crippen molar-refractivity contribution < 1.29 is 0 Å². The zero-order chi connectivity index (χ0) is 12.5. The van der Waals surface area contributed by atoms with Gasteiger partial charge in [-0.25, -0.2) is 0 Å². The van der Waals surface area contributed by atoms with E-state index in [1.54, 1.807) is 12.1 Å². The van der Waals surface area contributed by atoms with Gasteiger partial charge in [0.05, 0.1) is 26.8 Å². The Morgan fingerprint density at radius 3 is 2.41 bits per heavy atom. The maximum absolute atomic E-state index is 8.73. The Labute approximate surface area is 115 Å². The average molecular weight is 290 g/mol. The highest BCUT2D eigenvalue weighted by atomic mass is 35.5. The molecule has 0 unspecified atom stereocenters. The van der Waals surface area contributed by atoms with Crippen molar-refractivity contribution in [2.24, 2.45) is 5.41 Å². The van der Waals surface area contributed by atoms with Gasteiger partial charge in [-0.2, -0.15) is 5.26 Å². The lowest BCUT2D eigenvalue weighted by atomic mass is 10.0. The molecule has 17 heavy (non-hydrogen) atoms. The summed E-state index contributed by atoms with van der Waals surface area (Å²) >= 11 is 17.8. The normalized spacial score (nSPS) is 16.4. The third kappa shape index (κ3) is 2.98. The lowest BCUT2D eigenvalue weighted by molar-refractivity contribution is 0.557. The van der Waals surface area contributed by atoms with E-state index < -0.39 is 0 Å². The van der Waals surface area contributed by atoms with Crippen LogP contribution in [0.1, 0.15) is 19.3 Å². The molecule has 2 nitrogen and oxygen atoms in total. The maximum Gasteiger partial charge on any atom is 0.0653 e. The summed E-state index contributed by atoms with van der Waals surface area (Å²) in [6.07, 6.45) is 2.76.